The summed E-state index contributed by atoms with van der Waals surface area (Å²) in [5.74, 6) is 0. The van der Waals surface area contributed by atoms with Crippen molar-refractivity contribution in [3.63, 3.8) is 0 Å². The minimum absolute atomic E-state index is 0.0186. The molecule has 0 radical (unpaired) electrons. The maximum Gasteiger partial charge on any atom is 0.0519 e. The molecule has 0 spiro atoms. The topological polar surface area (TPSA) is 20.2 Å². The van der Waals surface area contributed by atoms with Gasteiger partial charge in [-0.25, -0.2) is 0 Å². The second-order valence-corrected chi connectivity index (χ2v) is 3.42. The van der Waals surface area contributed by atoms with Crippen molar-refractivity contribution in [1.29, 1.82) is 0 Å². The first kappa shape index (κ1) is 10.7. The van der Waals surface area contributed by atoms with E-state index < -0.39 is 0 Å². The van der Waals surface area contributed by atoms with Crippen LogP contribution in [0.2, 0.25) is 0 Å². The SMILES string of the molecule is C/C=C/[C@](C)(CO)CCCC. The van der Waals surface area contributed by atoms with E-state index in [4.69, 9.17) is 5.11 Å². The molecule has 1 N–H and O–H groups in total. The number of aliphatic hydroxyl groups is 1. The Bertz CT molecular complexity index is 118. The fourth-order valence-electron chi connectivity index (χ4n) is 1.20. The van der Waals surface area contributed by atoms with Gasteiger partial charge < -0.3 is 5.11 Å². The van der Waals surface area contributed by atoms with Crippen LogP contribution in [0.3, 0.4) is 0 Å². The van der Waals surface area contributed by atoms with Gasteiger partial charge in [-0.15, -0.1) is 0 Å². The van der Waals surface area contributed by atoms with E-state index in [1.807, 2.05) is 13.0 Å². The van der Waals surface area contributed by atoms with Crippen LogP contribution < -0.4 is 0 Å². The van der Waals surface area contributed by atoms with Gasteiger partial charge in [0, 0.05) is 5.41 Å². The second-order valence-electron chi connectivity index (χ2n) is 3.42. The summed E-state index contributed by atoms with van der Waals surface area (Å²) in [5, 5.41) is 9.09. The summed E-state index contributed by atoms with van der Waals surface area (Å²) >= 11 is 0. The van der Waals surface area contributed by atoms with E-state index in [2.05, 4.69) is 19.9 Å². The van der Waals surface area contributed by atoms with Crippen molar-refractivity contribution in [2.45, 2.75) is 40.0 Å². The molecule has 1 nitrogen and oxygen atoms in total. The molecule has 0 heterocycles. The quantitative estimate of drug-likeness (QED) is 0.607. The molecule has 1 atom stereocenters. The summed E-state index contributed by atoms with van der Waals surface area (Å²) in [4.78, 5) is 0. The van der Waals surface area contributed by atoms with Crippen LogP contribution in [0, 0.1) is 5.41 Å². The van der Waals surface area contributed by atoms with Crippen molar-refractivity contribution in [3.8, 4) is 0 Å². The predicted octanol–water partition coefficient (Wildman–Crippen LogP) is 2.75. The lowest BCUT2D eigenvalue weighted by atomic mass is 9.85. The number of allylic oxidation sites excluding steroid dienone is 1. The Morgan fingerprint density at radius 2 is 2.09 bits per heavy atom. The highest BCUT2D eigenvalue weighted by Gasteiger charge is 2.17. The molecule has 0 aliphatic heterocycles. The summed E-state index contributed by atoms with van der Waals surface area (Å²) < 4.78 is 0. The first-order valence-electron chi connectivity index (χ1n) is 4.43. The molecule has 1 heteroatoms. The number of rotatable bonds is 5. The van der Waals surface area contributed by atoms with Crippen molar-refractivity contribution in [1.82, 2.24) is 0 Å². The summed E-state index contributed by atoms with van der Waals surface area (Å²) in [6.45, 7) is 6.54. The average Bonchev–Trinajstić information content (AvgIpc) is 2.02. The van der Waals surface area contributed by atoms with E-state index in [1.54, 1.807) is 0 Å². The molecular formula is C10H20O. The average molecular weight is 156 g/mol. The number of hydrogen-bond donors (Lipinski definition) is 1. The Hall–Kier alpha value is -0.300. The van der Waals surface area contributed by atoms with Gasteiger partial charge in [-0.05, 0) is 13.3 Å². The molecule has 0 aromatic heterocycles. The van der Waals surface area contributed by atoms with Gasteiger partial charge in [-0.1, -0.05) is 38.8 Å². The molecule has 0 unspecified atom stereocenters. The Morgan fingerprint density at radius 1 is 1.45 bits per heavy atom. The highest BCUT2D eigenvalue weighted by Crippen LogP contribution is 2.24. The van der Waals surface area contributed by atoms with Crippen LogP contribution >= 0.6 is 0 Å². The molecule has 0 fully saturated rings. The minimum atomic E-state index is 0.0186. The van der Waals surface area contributed by atoms with Gasteiger partial charge in [0.1, 0.15) is 0 Å². The predicted molar refractivity (Wildman–Crippen MR) is 49.5 cm³/mol. The van der Waals surface area contributed by atoms with Crippen LogP contribution in [0.4, 0.5) is 0 Å². The zero-order valence-electron chi connectivity index (χ0n) is 7.93. The number of aliphatic hydroxyl groups excluding tert-OH is 1. The lowest BCUT2D eigenvalue weighted by Gasteiger charge is -2.22. The van der Waals surface area contributed by atoms with Crippen LogP contribution in [0.15, 0.2) is 12.2 Å². The third-order valence-electron chi connectivity index (χ3n) is 2.03. The first-order chi connectivity index (χ1) is 5.18. The van der Waals surface area contributed by atoms with Gasteiger partial charge in [-0.2, -0.15) is 0 Å². The Morgan fingerprint density at radius 3 is 2.45 bits per heavy atom. The number of unbranched alkanes of at least 4 members (excludes halogenated alkanes) is 1. The molecule has 0 aromatic carbocycles. The van der Waals surface area contributed by atoms with Crippen molar-refractivity contribution >= 4 is 0 Å². The molecule has 0 amide bonds. The Kier molecular flexibility index (Phi) is 5.22. The highest BCUT2D eigenvalue weighted by atomic mass is 16.3. The zero-order chi connectivity index (χ0) is 8.74. The molecule has 0 aliphatic carbocycles. The van der Waals surface area contributed by atoms with Crippen LogP contribution in [0.25, 0.3) is 0 Å². The highest BCUT2D eigenvalue weighted by molar-refractivity contribution is 4.95. The van der Waals surface area contributed by atoms with Crippen molar-refractivity contribution < 1.29 is 5.11 Å². The van der Waals surface area contributed by atoms with E-state index in [0.717, 1.165) is 6.42 Å². The molecule has 11 heavy (non-hydrogen) atoms. The van der Waals surface area contributed by atoms with Crippen molar-refractivity contribution in [2.24, 2.45) is 5.41 Å². The van der Waals surface area contributed by atoms with E-state index in [9.17, 15) is 0 Å². The molecule has 66 valence electrons. The molecule has 0 aliphatic rings. The fourth-order valence-corrected chi connectivity index (χ4v) is 1.20. The summed E-state index contributed by atoms with van der Waals surface area (Å²) in [5.41, 5.74) is 0.0186. The third-order valence-corrected chi connectivity index (χ3v) is 2.03. The van der Waals surface area contributed by atoms with Gasteiger partial charge >= 0.3 is 0 Å². The molecule has 0 aromatic rings. The normalized spacial score (nSPS) is 17.1. The fraction of sp³-hybridized carbons (Fsp3) is 0.800. The maximum absolute atomic E-state index is 9.09. The molecule has 0 rings (SSSR count). The molecular weight excluding hydrogens is 136 g/mol. The van der Waals surface area contributed by atoms with Gasteiger partial charge in [-0.3, -0.25) is 0 Å². The Labute approximate surface area is 70.1 Å². The van der Waals surface area contributed by atoms with E-state index in [-0.39, 0.29) is 12.0 Å². The first-order valence-corrected chi connectivity index (χ1v) is 4.43. The lowest BCUT2D eigenvalue weighted by Crippen LogP contribution is -2.17. The molecule has 0 saturated heterocycles. The van der Waals surface area contributed by atoms with Gasteiger partial charge in [0.2, 0.25) is 0 Å². The minimum Gasteiger partial charge on any atom is -0.395 e. The van der Waals surface area contributed by atoms with Gasteiger partial charge in [0.25, 0.3) is 0 Å². The molecule has 0 saturated carbocycles. The summed E-state index contributed by atoms with van der Waals surface area (Å²) in [6, 6.07) is 0. The second kappa shape index (κ2) is 5.36. The maximum atomic E-state index is 9.09. The van der Waals surface area contributed by atoms with Crippen LogP contribution in [0.5, 0.6) is 0 Å². The van der Waals surface area contributed by atoms with Crippen LogP contribution in [0.1, 0.15) is 40.0 Å². The molecule has 0 bridgehead atoms. The third kappa shape index (κ3) is 4.20. The zero-order valence-corrected chi connectivity index (χ0v) is 7.93. The lowest BCUT2D eigenvalue weighted by molar-refractivity contribution is 0.172. The van der Waals surface area contributed by atoms with E-state index in [0.29, 0.717) is 0 Å². The smallest absolute Gasteiger partial charge is 0.0519 e. The van der Waals surface area contributed by atoms with Crippen molar-refractivity contribution in [2.75, 3.05) is 6.61 Å². The summed E-state index contributed by atoms with van der Waals surface area (Å²) in [7, 11) is 0. The monoisotopic (exact) mass is 156 g/mol. The van der Waals surface area contributed by atoms with Gasteiger partial charge in [0.15, 0.2) is 0 Å². The summed E-state index contributed by atoms with van der Waals surface area (Å²) in [6.07, 6.45) is 7.60. The standard InChI is InChI=1S/C10H20O/c1-4-6-8-10(3,9-11)7-5-2/h5,7,11H,4,6,8-9H2,1-3H3/b7-5+/t10-/m0/s1. The van der Waals surface area contributed by atoms with Gasteiger partial charge in [0.05, 0.1) is 6.61 Å². The number of hydrogen-bond acceptors (Lipinski definition) is 1. The van der Waals surface area contributed by atoms with E-state index in [1.165, 1.54) is 12.8 Å². The Balaban J connectivity index is 3.88. The van der Waals surface area contributed by atoms with Crippen LogP contribution in [-0.2, 0) is 0 Å². The van der Waals surface area contributed by atoms with Crippen molar-refractivity contribution in [3.05, 3.63) is 12.2 Å². The largest absolute Gasteiger partial charge is 0.395 e. The van der Waals surface area contributed by atoms with Crippen LogP contribution in [-0.4, -0.2) is 11.7 Å². The van der Waals surface area contributed by atoms with E-state index >= 15 is 0 Å².